The van der Waals surface area contributed by atoms with Crippen molar-refractivity contribution in [1.82, 2.24) is 4.90 Å². The van der Waals surface area contributed by atoms with Gasteiger partial charge in [0.25, 0.3) is 0 Å². The quantitative estimate of drug-likeness (QED) is 0.466. The summed E-state index contributed by atoms with van der Waals surface area (Å²) in [5.41, 5.74) is 5.49. The first-order valence-corrected chi connectivity index (χ1v) is 3.90. The van der Waals surface area contributed by atoms with E-state index in [1.54, 1.807) is 0 Å². The third-order valence-electron chi connectivity index (χ3n) is 1.86. The summed E-state index contributed by atoms with van der Waals surface area (Å²) in [5, 5.41) is 0. The van der Waals surface area contributed by atoms with E-state index in [9.17, 15) is 9.59 Å². The fraction of sp³-hybridized carbons (Fsp3) is 0.500. The van der Waals surface area contributed by atoms with Gasteiger partial charge in [0.1, 0.15) is 6.17 Å². The molecular weight excluding hydrogens is 156 g/mol. The second-order valence-electron chi connectivity index (χ2n) is 2.74. The fourth-order valence-corrected chi connectivity index (χ4v) is 1.21. The van der Waals surface area contributed by atoms with Crippen LogP contribution >= 0.6 is 0 Å². The first kappa shape index (κ1) is 8.93. The van der Waals surface area contributed by atoms with Crippen molar-refractivity contribution in [2.24, 2.45) is 5.73 Å². The van der Waals surface area contributed by atoms with E-state index in [1.807, 2.05) is 0 Å². The van der Waals surface area contributed by atoms with Crippen LogP contribution in [0.3, 0.4) is 0 Å². The number of piperidine rings is 1. The maximum Gasteiger partial charge on any atom is 0.230 e. The lowest BCUT2D eigenvalue weighted by molar-refractivity contribution is -0.149. The van der Waals surface area contributed by atoms with Gasteiger partial charge in [-0.1, -0.05) is 12.7 Å². The molecule has 12 heavy (non-hydrogen) atoms. The monoisotopic (exact) mass is 168 g/mol. The van der Waals surface area contributed by atoms with Gasteiger partial charge in [0, 0.05) is 12.8 Å². The van der Waals surface area contributed by atoms with E-state index in [2.05, 4.69) is 6.58 Å². The molecule has 2 N–H and O–H groups in total. The number of amides is 2. The Kier molecular flexibility index (Phi) is 2.60. The molecular formula is C8H12N2O2. The van der Waals surface area contributed by atoms with Crippen molar-refractivity contribution >= 4 is 11.8 Å². The van der Waals surface area contributed by atoms with Crippen molar-refractivity contribution in [1.29, 1.82) is 0 Å². The molecule has 0 bridgehead atoms. The molecule has 4 nitrogen and oxygen atoms in total. The molecule has 2 amide bonds. The smallest absolute Gasteiger partial charge is 0.230 e. The largest absolute Gasteiger partial charge is 0.307 e. The zero-order valence-electron chi connectivity index (χ0n) is 6.82. The minimum absolute atomic E-state index is 0.196. The third kappa shape index (κ3) is 1.53. The first-order valence-electron chi connectivity index (χ1n) is 3.90. The summed E-state index contributed by atoms with van der Waals surface area (Å²) in [4.78, 5) is 23.4. The minimum atomic E-state index is -0.662. The van der Waals surface area contributed by atoms with Crippen LogP contribution in [-0.4, -0.2) is 22.9 Å². The van der Waals surface area contributed by atoms with Gasteiger partial charge in [0.2, 0.25) is 11.8 Å². The highest BCUT2D eigenvalue weighted by Crippen LogP contribution is 2.13. The Hall–Kier alpha value is -1.16. The van der Waals surface area contributed by atoms with E-state index in [-0.39, 0.29) is 11.8 Å². The number of likely N-dealkylation sites (tertiary alicyclic amines) is 1. The fourth-order valence-electron chi connectivity index (χ4n) is 1.21. The highest BCUT2D eigenvalue weighted by Gasteiger charge is 2.28. The number of nitrogens with zero attached hydrogens (tertiary/aromatic N) is 1. The molecule has 0 spiro atoms. The van der Waals surface area contributed by atoms with Gasteiger partial charge < -0.3 is 5.73 Å². The number of carbonyl (C=O) groups excluding carboxylic acids is 2. The summed E-state index contributed by atoms with van der Waals surface area (Å²) in [6.45, 7) is 3.43. The highest BCUT2D eigenvalue weighted by atomic mass is 16.2. The molecule has 1 aliphatic heterocycles. The Labute approximate surface area is 71.0 Å². The van der Waals surface area contributed by atoms with Gasteiger partial charge in [-0.2, -0.15) is 0 Å². The number of carbonyl (C=O) groups is 2. The molecule has 4 heteroatoms. The van der Waals surface area contributed by atoms with Crippen molar-refractivity contribution < 1.29 is 9.59 Å². The van der Waals surface area contributed by atoms with Crippen LogP contribution in [-0.2, 0) is 9.59 Å². The lowest BCUT2D eigenvalue weighted by atomic mass is 10.1. The average Bonchev–Trinajstić information content (AvgIpc) is 2.03. The topological polar surface area (TPSA) is 63.4 Å². The number of hydrogen-bond acceptors (Lipinski definition) is 3. The number of rotatable bonds is 2. The normalized spacial score (nSPS) is 20.9. The molecule has 1 heterocycles. The third-order valence-corrected chi connectivity index (χ3v) is 1.86. The number of imide groups is 1. The minimum Gasteiger partial charge on any atom is -0.307 e. The summed E-state index contributed by atoms with van der Waals surface area (Å²) in [6.07, 6.45) is 2.19. The van der Waals surface area contributed by atoms with Gasteiger partial charge in [-0.05, 0) is 6.42 Å². The Bertz CT molecular complexity index is 209. The van der Waals surface area contributed by atoms with Crippen LogP contribution in [0.5, 0.6) is 0 Å². The molecule has 1 unspecified atom stereocenters. The SMILES string of the molecule is C=CC(N)N1C(=O)CCCC1=O. The average molecular weight is 168 g/mol. The molecule has 1 saturated heterocycles. The first-order chi connectivity index (χ1) is 5.66. The number of nitrogens with two attached hydrogens (primary N) is 1. The predicted molar refractivity (Wildman–Crippen MR) is 43.9 cm³/mol. The lowest BCUT2D eigenvalue weighted by Gasteiger charge is -2.28. The maximum atomic E-state index is 11.2. The zero-order valence-corrected chi connectivity index (χ0v) is 6.82. The second kappa shape index (κ2) is 3.49. The molecule has 1 fully saturated rings. The van der Waals surface area contributed by atoms with E-state index >= 15 is 0 Å². The molecule has 0 aromatic heterocycles. The van der Waals surface area contributed by atoms with E-state index in [0.29, 0.717) is 19.3 Å². The van der Waals surface area contributed by atoms with E-state index in [0.717, 1.165) is 4.90 Å². The van der Waals surface area contributed by atoms with Crippen molar-refractivity contribution in [3.8, 4) is 0 Å². The zero-order chi connectivity index (χ0) is 9.14. The Balaban J connectivity index is 2.75. The summed E-state index contributed by atoms with van der Waals surface area (Å²) in [6, 6.07) is 0. The van der Waals surface area contributed by atoms with Crippen molar-refractivity contribution in [3.63, 3.8) is 0 Å². The molecule has 1 atom stereocenters. The summed E-state index contributed by atoms with van der Waals surface area (Å²) >= 11 is 0. The van der Waals surface area contributed by atoms with E-state index in [1.165, 1.54) is 6.08 Å². The van der Waals surface area contributed by atoms with Crippen LogP contribution in [0.15, 0.2) is 12.7 Å². The van der Waals surface area contributed by atoms with Crippen LogP contribution in [0.25, 0.3) is 0 Å². The van der Waals surface area contributed by atoms with Crippen LogP contribution in [0, 0.1) is 0 Å². The van der Waals surface area contributed by atoms with Crippen molar-refractivity contribution in [3.05, 3.63) is 12.7 Å². The predicted octanol–water partition coefficient (Wildman–Crippen LogP) is -0.00370. The van der Waals surface area contributed by atoms with Crippen molar-refractivity contribution in [2.75, 3.05) is 0 Å². The van der Waals surface area contributed by atoms with E-state index in [4.69, 9.17) is 5.73 Å². The molecule has 0 aromatic rings. The Morgan fingerprint density at radius 2 is 1.92 bits per heavy atom. The standard InChI is InChI=1S/C8H12N2O2/c1-2-6(9)10-7(11)4-3-5-8(10)12/h2,6H,1,3-5,9H2. The Morgan fingerprint density at radius 1 is 1.42 bits per heavy atom. The van der Waals surface area contributed by atoms with Gasteiger partial charge >= 0.3 is 0 Å². The van der Waals surface area contributed by atoms with Gasteiger partial charge in [0.15, 0.2) is 0 Å². The molecule has 0 saturated carbocycles. The molecule has 0 aliphatic carbocycles. The van der Waals surface area contributed by atoms with Crippen LogP contribution in [0.4, 0.5) is 0 Å². The maximum absolute atomic E-state index is 11.2. The molecule has 66 valence electrons. The highest BCUT2D eigenvalue weighted by molar-refractivity contribution is 5.98. The summed E-state index contributed by atoms with van der Waals surface area (Å²) < 4.78 is 0. The summed E-state index contributed by atoms with van der Waals surface area (Å²) in [7, 11) is 0. The van der Waals surface area contributed by atoms with Crippen LogP contribution in [0.1, 0.15) is 19.3 Å². The number of hydrogen-bond donors (Lipinski definition) is 1. The second-order valence-corrected chi connectivity index (χ2v) is 2.74. The molecule has 0 radical (unpaired) electrons. The van der Waals surface area contributed by atoms with Gasteiger partial charge in [-0.15, -0.1) is 0 Å². The van der Waals surface area contributed by atoms with Gasteiger partial charge in [-0.25, -0.2) is 0 Å². The Morgan fingerprint density at radius 3 is 2.33 bits per heavy atom. The lowest BCUT2D eigenvalue weighted by Crippen LogP contribution is -2.50. The van der Waals surface area contributed by atoms with Gasteiger partial charge in [-0.3, -0.25) is 14.5 Å². The van der Waals surface area contributed by atoms with Crippen LogP contribution in [0.2, 0.25) is 0 Å². The van der Waals surface area contributed by atoms with E-state index < -0.39 is 6.17 Å². The molecule has 1 rings (SSSR count). The molecule has 0 aromatic carbocycles. The van der Waals surface area contributed by atoms with Crippen molar-refractivity contribution in [2.45, 2.75) is 25.4 Å². The van der Waals surface area contributed by atoms with Crippen LogP contribution < -0.4 is 5.73 Å². The molecule has 1 aliphatic rings. The summed E-state index contributed by atoms with van der Waals surface area (Å²) in [5.74, 6) is -0.391. The van der Waals surface area contributed by atoms with Gasteiger partial charge in [0.05, 0.1) is 0 Å².